The van der Waals surface area contributed by atoms with Gasteiger partial charge in [0.25, 0.3) is 0 Å². The monoisotopic (exact) mass is 279 g/mol. The number of piperazine rings is 1. The van der Waals surface area contributed by atoms with Crippen LogP contribution in [0, 0.1) is 11.7 Å². The molecule has 5 heteroatoms. The molecule has 1 aliphatic rings. The fourth-order valence-electron chi connectivity index (χ4n) is 2.53. The summed E-state index contributed by atoms with van der Waals surface area (Å²) in [6.45, 7) is 10.0. The molecule has 0 N–H and O–H groups in total. The van der Waals surface area contributed by atoms with Gasteiger partial charge in [-0.2, -0.15) is 0 Å². The van der Waals surface area contributed by atoms with Gasteiger partial charge in [0.2, 0.25) is 0 Å². The lowest BCUT2D eigenvalue weighted by Crippen LogP contribution is -2.47. The zero-order valence-electron chi connectivity index (χ0n) is 12.2. The lowest BCUT2D eigenvalue weighted by Gasteiger charge is -2.35. The van der Waals surface area contributed by atoms with Crippen LogP contribution in [0.15, 0.2) is 18.3 Å². The molecule has 1 aromatic heterocycles. The normalized spacial score (nSPS) is 18.9. The highest BCUT2D eigenvalue weighted by atomic mass is 19.1. The third-order valence-corrected chi connectivity index (χ3v) is 3.87. The van der Waals surface area contributed by atoms with Crippen LogP contribution in [0.4, 0.5) is 4.39 Å². The Hall–Kier alpha value is -1.33. The fourth-order valence-corrected chi connectivity index (χ4v) is 2.53. The standard InChI is InChI=1S/C15H22FN3O/c1-3-18-6-8-19(9-7-18)11-12(2)15(20)14-5-4-13(16)10-17-14/h4-5,10,12H,3,6-9,11H2,1-2H3. The Labute approximate surface area is 119 Å². The van der Waals surface area contributed by atoms with E-state index in [9.17, 15) is 9.18 Å². The van der Waals surface area contributed by atoms with E-state index in [4.69, 9.17) is 0 Å². The highest BCUT2D eigenvalue weighted by Crippen LogP contribution is 2.11. The van der Waals surface area contributed by atoms with Crippen LogP contribution in [0.2, 0.25) is 0 Å². The summed E-state index contributed by atoms with van der Waals surface area (Å²) >= 11 is 0. The molecule has 2 rings (SSSR count). The number of carbonyl (C=O) groups excluding carboxylic acids is 1. The number of ketones is 1. The van der Waals surface area contributed by atoms with Crippen molar-refractivity contribution >= 4 is 5.78 Å². The van der Waals surface area contributed by atoms with Crippen LogP contribution in [-0.2, 0) is 0 Å². The molecule has 0 radical (unpaired) electrons. The van der Waals surface area contributed by atoms with Gasteiger partial charge >= 0.3 is 0 Å². The Kier molecular flexibility index (Phi) is 5.20. The molecule has 1 saturated heterocycles. The van der Waals surface area contributed by atoms with Gasteiger partial charge in [0.05, 0.1) is 6.20 Å². The van der Waals surface area contributed by atoms with Crippen molar-refractivity contribution in [2.24, 2.45) is 5.92 Å². The Bertz CT molecular complexity index is 441. The number of pyridine rings is 1. The molecule has 1 aliphatic heterocycles. The summed E-state index contributed by atoms with van der Waals surface area (Å²) in [6, 6.07) is 2.75. The molecule has 1 unspecified atom stereocenters. The van der Waals surface area contributed by atoms with Crippen LogP contribution in [0.25, 0.3) is 0 Å². The maximum atomic E-state index is 12.8. The first-order chi connectivity index (χ1) is 9.60. The first kappa shape index (κ1) is 15.1. The van der Waals surface area contributed by atoms with Gasteiger partial charge in [-0.1, -0.05) is 13.8 Å². The van der Waals surface area contributed by atoms with Crippen molar-refractivity contribution in [3.8, 4) is 0 Å². The summed E-state index contributed by atoms with van der Waals surface area (Å²) in [5.41, 5.74) is 0.353. The summed E-state index contributed by atoms with van der Waals surface area (Å²) < 4.78 is 12.8. The molecular weight excluding hydrogens is 257 g/mol. The average Bonchev–Trinajstić information content (AvgIpc) is 2.48. The van der Waals surface area contributed by atoms with E-state index in [1.54, 1.807) is 0 Å². The highest BCUT2D eigenvalue weighted by Gasteiger charge is 2.22. The number of Topliss-reactive ketones (excluding diaryl/α,β-unsaturated/α-hetero) is 1. The second-order valence-electron chi connectivity index (χ2n) is 5.36. The number of halogens is 1. The van der Waals surface area contributed by atoms with Crippen molar-refractivity contribution in [1.82, 2.24) is 14.8 Å². The van der Waals surface area contributed by atoms with Gasteiger partial charge in [-0.15, -0.1) is 0 Å². The van der Waals surface area contributed by atoms with Crippen LogP contribution < -0.4 is 0 Å². The molecular formula is C15H22FN3O. The van der Waals surface area contributed by atoms with Crippen molar-refractivity contribution in [2.45, 2.75) is 13.8 Å². The number of rotatable bonds is 5. The predicted molar refractivity (Wildman–Crippen MR) is 76.2 cm³/mol. The van der Waals surface area contributed by atoms with Gasteiger partial charge in [-0.05, 0) is 18.7 Å². The van der Waals surface area contributed by atoms with E-state index in [0.717, 1.165) is 45.5 Å². The molecule has 20 heavy (non-hydrogen) atoms. The Balaban J connectivity index is 1.87. The van der Waals surface area contributed by atoms with Crippen molar-refractivity contribution < 1.29 is 9.18 Å². The molecule has 0 saturated carbocycles. The minimum absolute atomic E-state index is 0.0112. The topological polar surface area (TPSA) is 36.4 Å². The lowest BCUT2D eigenvalue weighted by molar-refractivity contribution is 0.0834. The first-order valence-corrected chi connectivity index (χ1v) is 7.20. The van der Waals surface area contributed by atoms with Gasteiger partial charge in [0.1, 0.15) is 11.5 Å². The minimum atomic E-state index is -0.412. The van der Waals surface area contributed by atoms with E-state index >= 15 is 0 Å². The molecule has 110 valence electrons. The summed E-state index contributed by atoms with van der Waals surface area (Å²) in [5, 5.41) is 0. The van der Waals surface area contributed by atoms with E-state index in [1.807, 2.05) is 6.92 Å². The first-order valence-electron chi connectivity index (χ1n) is 7.20. The zero-order chi connectivity index (χ0) is 14.5. The largest absolute Gasteiger partial charge is 0.301 e. The second kappa shape index (κ2) is 6.90. The fraction of sp³-hybridized carbons (Fsp3) is 0.600. The highest BCUT2D eigenvalue weighted by molar-refractivity contribution is 5.95. The maximum Gasteiger partial charge on any atom is 0.185 e. The van der Waals surface area contributed by atoms with E-state index in [-0.39, 0.29) is 11.7 Å². The summed E-state index contributed by atoms with van der Waals surface area (Å²) in [5.74, 6) is -0.533. The summed E-state index contributed by atoms with van der Waals surface area (Å²) in [6.07, 6.45) is 1.10. The predicted octanol–water partition coefficient (Wildman–Crippen LogP) is 1.68. The molecule has 0 aliphatic carbocycles. The van der Waals surface area contributed by atoms with Gasteiger partial charge in [0, 0.05) is 38.6 Å². The zero-order valence-corrected chi connectivity index (χ0v) is 12.2. The third kappa shape index (κ3) is 3.84. The van der Waals surface area contributed by atoms with Gasteiger partial charge in [-0.3, -0.25) is 9.78 Å². The Morgan fingerprint density at radius 2 is 1.95 bits per heavy atom. The minimum Gasteiger partial charge on any atom is -0.301 e. The number of nitrogens with zero attached hydrogens (tertiary/aromatic N) is 3. The van der Waals surface area contributed by atoms with E-state index in [2.05, 4.69) is 21.7 Å². The average molecular weight is 279 g/mol. The van der Waals surface area contributed by atoms with Crippen molar-refractivity contribution in [3.63, 3.8) is 0 Å². The number of aromatic nitrogens is 1. The molecule has 0 amide bonds. The maximum absolute atomic E-state index is 12.8. The van der Waals surface area contributed by atoms with Crippen LogP contribution in [0.1, 0.15) is 24.3 Å². The number of likely N-dealkylation sites (N-methyl/N-ethyl adjacent to an activating group) is 1. The van der Waals surface area contributed by atoms with Gasteiger partial charge in [-0.25, -0.2) is 4.39 Å². The van der Waals surface area contributed by atoms with Crippen molar-refractivity contribution in [2.75, 3.05) is 39.3 Å². The summed E-state index contributed by atoms with van der Waals surface area (Å²) in [7, 11) is 0. The lowest BCUT2D eigenvalue weighted by atomic mass is 10.0. The van der Waals surface area contributed by atoms with Crippen molar-refractivity contribution in [1.29, 1.82) is 0 Å². The SMILES string of the molecule is CCN1CCN(CC(C)C(=O)c2ccc(F)cn2)CC1. The van der Waals surface area contributed by atoms with E-state index in [0.29, 0.717) is 5.69 Å². The quantitative estimate of drug-likeness (QED) is 0.768. The van der Waals surface area contributed by atoms with Crippen LogP contribution >= 0.6 is 0 Å². The molecule has 0 spiro atoms. The third-order valence-electron chi connectivity index (χ3n) is 3.87. The van der Waals surface area contributed by atoms with Crippen LogP contribution in [-0.4, -0.2) is 59.8 Å². The summed E-state index contributed by atoms with van der Waals surface area (Å²) in [4.78, 5) is 20.8. The second-order valence-corrected chi connectivity index (χ2v) is 5.36. The number of carbonyl (C=O) groups is 1. The molecule has 1 fully saturated rings. The molecule has 1 aromatic rings. The number of hydrogen-bond donors (Lipinski definition) is 0. The smallest absolute Gasteiger partial charge is 0.185 e. The van der Waals surface area contributed by atoms with Crippen LogP contribution in [0.5, 0.6) is 0 Å². The Morgan fingerprint density at radius 3 is 2.50 bits per heavy atom. The molecule has 1 atom stereocenters. The van der Waals surface area contributed by atoms with Gasteiger partial charge in [0.15, 0.2) is 5.78 Å². The van der Waals surface area contributed by atoms with Crippen LogP contribution in [0.3, 0.4) is 0 Å². The van der Waals surface area contributed by atoms with E-state index in [1.165, 1.54) is 12.1 Å². The molecule has 2 heterocycles. The van der Waals surface area contributed by atoms with Crippen molar-refractivity contribution in [3.05, 3.63) is 29.8 Å². The Morgan fingerprint density at radius 1 is 1.30 bits per heavy atom. The molecule has 4 nitrogen and oxygen atoms in total. The number of hydrogen-bond acceptors (Lipinski definition) is 4. The molecule has 0 bridgehead atoms. The van der Waals surface area contributed by atoms with Gasteiger partial charge < -0.3 is 9.80 Å². The van der Waals surface area contributed by atoms with E-state index < -0.39 is 5.82 Å². The molecule has 0 aromatic carbocycles.